The lowest BCUT2D eigenvalue weighted by atomic mass is 9.72. The molecular formula is C29H35N3O5. The van der Waals surface area contributed by atoms with Gasteiger partial charge in [0.05, 0.1) is 12.6 Å². The van der Waals surface area contributed by atoms with Gasteiger partial charge >= 0.3 is 0 Å². The van der Waals surface area contributed by atoms with Gasteiger partial charge in [0, 0.05) is 38.9 Å². The first-order chi connectivity index (χ1) is 18.1. The molecule has 1 saturated heterocycles. The van der Waals surface area contributed by atoms with Gasteiger partial charge in [0.1, 0.15) is 17.7 Å². The molecule has 5 rings (SSSR count). The Bertz CT molecular complexity index is 1170. The van der Waals surface area contributed by atoms with Gasteiger partial charge in [0.15, 0.2) is 0 Å². The largest absolute Gasteiger partial charge is 0.494 e. The third kappa shape index (κ3) is 4.70. The van der Waals surface area contributed by atoms with Crippen LogP contribution in [0.3, 0.4) is 0 Å². The Kier molecular flexibility index (Phi) is 7.46. The summed E-state index contributed by atoms with van der Waals surface area (Å²) < 4.78 is 11.1. The average molecular weight is 506 g/mol. The van der Waals surface area contributed by atoms with E-state index >= 15 is 0 Å². The number of rotatable bonds is 6. The van der Waals surface area contributed by atoms with Crippen LogP contribution in [0.4, 0.5) is 5.69 Å². The minimum absolute atomic E-state index is 0.0430. The number of nitrogens with zero attached hydrogens (tertiary/aromatic N) is 2. The smallest absolute Gasteiger partial charge is 0.240 e. The molecule has 3 amide bonds. The predicted molar refractivity (Wildman–Crippen MR) is 139 cm³/mol. The number of nitrogens with one attached hydrogen (secondary N) is 1. The predicted octanol–water partition coefficient (Wildman–Crippen LogP) is 3.35. The van der Waals surface area contributed by atoms with Crippen LogP contribution in [0, 0.1) is 0 Å². The molecule has 3 aliphatic heterocycles. The molecular weight excluding hydrogens is 470 g/mol. The number of ether oxygens (including phenoxy) is 2. The second-order valence-electron chi connectivity index (χ2n) is 10.0. The van der Waals surface area contributed by atoms with Crippen molar-refractivity contribution in [2.75, 3.05) is 44.9 Å². The fraction of sp³-hybridized carbons (Fsp3) is 0.483. The van der Waals surface area contributed by atoms with E-state index in [2.05, 4.69) is 5.32 Å². The third-order valence-corrected chi connectivity index (χ3v) is 7.77. The van der Waals surface area contributed by atoms with Gasteiger partial charge in [0.25, 0.3) is 0 Å². The minimum atomic E-state index is -0.953. The van der Waals surface area contributed by atoms with Gasteiger partial charge in [-0.2, -0.15) is 0 Å². The number of anilines is 1. The molecule has 0 aliphatic carbocycles. The van der Waals surface area contributed by atoms with Gasteiger partial charge in [0.2, 0.25) is 17.7 Å². The quantitative estimate of drug-likeness (QED) is 0.609. The molecule has 196 valence electrons. The Hall–Kier alpha value is -3.39. The molecule has 2 atom stereocenters. The number of carbonyl (C=O) groups excluding carboxylic acids is 3. The maximum atomic E-state index is 14.3. The number of likely N-dealkylation sites (tertiary alicyclic amines) is 1. The van der Waals surface area contributed by atoms with E-state index in [0.29, 0.717) is 51.3 Å². The van der Waals surface area contributed by atoms with E-state index in [1.165, 1.54) is 0 Å². The molecule has 1 spiro atoms. The number of fused-ring (bicyclic) bond motifs is 6. The summed E-state index contributed by atoms with van der Waals surface area (Å²) in [7, 11) is 1.68. The molecule has 4 bridgehead atoms. The zero-order valence-corrected chi connectivity index (χ0v) is 21.4. The minimum Gasteiger partial charge on any atom is -0.494 e. The zero-order valence-electron chi connectivity index (χ0n) is 21.4. The number of methoxy groups -OCH3 is 1. The number of hydrogen-bond acceptors (Lipinski definition) is 5. The molecule has 3 heterocycles. The Morgan fingerprint density at radius 1 is 1.14 bits per heavy atom. The van der Waals surface area contributed by atoms with Crippen LogP contribution in [-0.2, 0) is 24.5 Å². The molecule has 2 aromatic rings. The monoisotopic (exact) mass is 505 g/mol. The van der Waals surface area contributed by atoms with Crippen molar-refractivity contribution in [1.82, 2.24) is 10.2 Å². The molecule has 1 N–H and O–H groups in total. The van der Waals surface area contributed by atoms with E-state index in [4.69, 9.17) is 9.47 Å². The molecule has 0 radical (unpaired) electrons. The van der Waals surface area contributed by atoms with Gasteiger partial charge < -0.3 is 24.6 Å². The fourth-order valence-electron chi connectivity index (χ4n) is 6.08. The maximum absolute atomic E-state index is 14.3. The summed E-state index contributed by atoms with van der Waals surface area (Å²) in [6, 6.07) is 15.0. The van der Waals surface area contributed by atoms with E-state index in [0.717, 1.165) is 36.1 Å². The Balaban J connectivity index is 1.57. The van der Waals surface area contributed by atoms with Gasteiger partial charge in [-0.3, -0.25) is 14.4 Å². The highest BCUT2D eigenvalue weighted by Crippen LogP contribution is 2.56. The number of amides is 3. The molecule has 37 heavy (non-hydrogen) atoms. The molecule has 1 fully saturated rings. The summed E-state index contributed by atoms with van der Waals surface area (Å²) in [5.74, 6) is 0.431. The molecule has 0 saturated carbocycles. The summed E-state index contributed by atoms with van der Waals surface area (Å²) in [6.07, 6.45) is 4.19. The molecule has 0 unspecified atom stereocenters. The molecule has 2 aromatic carbocycles. The van der Waals surface area contributed by atoms with E-state index in [-0.39, 0.29) is 24.3 Å². The van der Waals surface area contributed by atoms with Gasteiger partial charge in [-0.05, 0) is 55.0 Å². The van der Waals surface area contributed by atoms with E-state index < -0.39 is 11.5 Å². The summed E-state index contributed by atoms with van der Waals surface area (Å²) in [5.41, 5.74) is 1.57. The molecule has 3 aliphatic rings. The number of hydrogen-bond donors (Lipinski definition) is 1. The average Bonchev–Trinajstić information content (AvgIpc) is 3.41. The van der Waals surface area contributed by atoms with E-state index in [1.807, 2.05) is 53.4 Å². The van der Waals surface area contributed by atoms with E-state index in [9.17, 15) is 14.4 Å². The van der Waals surface area contributed by atoms with Crippen LogP contribution in [0.15, 0.2) is 48.5 Å². The normalized spacial score (nSPS) is 23.1. The fourth-order valence-corrected chi connectivity index (χ4v) is 6.08. The summed E-state index contributed by atoms with van der Waals surface area (Å²) in [5, 5.41) is 2.91. The van der Waals surface area contributed by atoms with Crippen LogP contribution in [0.5, 0.6) is 5.75 Å². The Morgan fingerprint density at radius 3 is 2.86 bits per heavy atom. The first kappa shape index (κ1) is 25.3. The third-order valence-electron chi connectivity index (χ3n) is 7.77. The number of para-hydroxylation sites is 1. The summed E-state index contributed by atoms with van der Waals surface area (Å²) in [6.45, 7) is 2.06. The van der Waals surface area contributed by atoms with Crippen molar-refractivity contribution in [3.8, 4) is 5.75 Å². The second-order valence-corrected chi connectivity index (χ2v) is 10.0. The van der Waals surface area contributed by atoms with Crippen molar-refractivity contribution in [3.63, 3.8) is 0 Å². The molecule has 8 nitrogen and oxygen atoms in total. The van der Waals surface area contributed by atoms with Crippen molar-refractivity contribution < 1.29 is 23.9 Å². The molecule has 8 heteroatoms. The number of unbranched alkanes of at least 4 members (excludes halogenated alkanes) is 2. The van der Waals surface area contributed by atoms with Crippen molar-refractivity contribution in [3.05, 3.63) is 59.7 Å². The highest BCUT2D eigenvalue weighted by molar-refractivity contribution is 6.12. The standard InChI is InChI=1S/C29H35N3O5/c1-36-17-6-2-3-13-26(34)31-16-14-29-23-11-4-5-12-24(23)32(28(29)35)20-25(33)30-15-8-18-37-22-10-7-9-21(19-22)27(29)31/h4-5,7,9-12,19,27H,2-3,6,8,13-18,20H2,1H3,(H,30,33)/t27-,29+/m0/s1. The first-order valence-electron chi connectivity index (χ1n) is 13.3. The first-order valence-corrected chi connectivity index (χ1v) is 13.3. The number of carbonyl (C=O) groups is 3. The van der Waals surface area contributed by atoms with Gasteiger partial charge in [-0.25, -0.2) is 0 Å². The SMILES string of the molecule is COCCCCCC(=O)N1CC[C@]23C(=O)N(CC(=O)NCCCOc4cccc(c4)[C@H]12)c1ccccc13. The van der Waals surface area contributed by atoms with Crippen LogP contribution < -0.4 is 15.0 Å². The maximum Gasteiger partial charge on any atom is 0.240 e. The zero-order chi connectivity index (χ0) is 25.8. The number of benzene rings is 2. The summed E-state index contributed by atoms with van der Waals surface area (Å²) in [4.78, 5) is 44.3. The van der Waals surface area contributed by atoms with Gasteiger partial charge in [-0.15, -0.1) is 0 Å². The lowest BCUT2D eigenvalue weighted by Gasteiger charge is -2.35. The lowest BCUT2D eigenvalue weighted by molar-refractivity contribution is -0.134. The highest BCUT2D eigenvalue weighted by atomic mass is 16.5. The van der Waals surface area contributed by atoms with Crippen LogP contribution in [0.2, 0.25) is 0 Å². The topological polar surface area (TPSA) is 88.2 Å². The van der Waals surface area contributed by atoms with Gasteiger partial charge in [-0.1, -0.05) is 36.8 Å². The lowest BCUT2D eigenvalue weighted by Crippen LogP contribution is -2.48. The summed E-state index contributed by atoms with van der Waals surface area (Å²) >= 11 is 0. The Morgan fingerprint density at radius 2 is 2.00 bits per heavy atom. The van der Waals surface area contributed by atoms with Crippen molar-refractivity contribution in [2.24, 2.45) is 0 Å². The molecule has 0 aromatic heterocycles. The van der Waals surface area contributed by atoms with Crippen LogP contribution in [0.1, 0.15) is 55.7 Å². The Labute approximate surface area is 217 Å². The second kappa shape index (κ2) is 10.9. The van der Waals surface area contributed by atoms with Crippen molar-refractivity contribution in [2.45, 2.75) is 50.0 Å². The van der Waals surface area contributed by atoms with Crippen molar-refractivity contribution in [1.29, 1.82) is 0 Å². The highest BCUT2D eigenvalue weighted by Gasteiger charge is 2.61. The van der Waals surface area contributed by atoms with E-state index in [1.54, 1.807) is 12.0 Å². The van der Waals surface area contributed by atoms with Crippen LogP contribution in [-0.4, -0.2) is 62.6 Å². The van der Waals surface area contributed by atoms with Crippen LogP contribution in [0.25, 0.3) is 0 Å². The van der Waals surface area contributed by atoms with Crippen LogP contribution >= 0.6 is 0 Å². The van der Waals surface area contributed by atoms with Crippen molar-refractivity contribution >= 4 is 23.4 Å².